The molecule has 0 heterocycles. The van der Waals surface area contributed by atoms with E-state index >= 15 is 0 Å². The molecule has 0 aromatic heterocycles. The van der Waals surface area contributed by atoms with E-state index in [0.717, 1.165) is 25.7 Å². The first kappa shape index (κ1) is 10.6. The zero-order valence-corrected chi connectivity index (χ0v) is 8.43. The van der Waals surface area contributed by atoms with Crippen molar-refractivity contribution in [3.8, 4) is 11.8 Å². The van der Waals surface area contributed by atoms with Gasteiger partial charge in [0.15, 0.2) is 0 Å². The Morgan fingerprint density at radius 2 is 1.92 bits per heavy atom. The SMILES string of the molecule is CCC(C)(O)C#CC1(O)CCCC1. The van der Waals surface area contributed by atoms with Crippen LogP contribution in [-0.2, 0) is 0 Å². The highest BCUT2D eigenvalue weighted by Crippen LogP contribution is 2.28. The van der Waals surface area contributed by atoms with Crippen molar-refractivity contribution in [2.45, 2.75) is 57.2 Å². The third-order valence-corrected chi connectivity index (χ3v) is 2.68. The van der Waals surface area contributed by atoms with Gasteiger partial charge in [-0.25, -0.2) is 0 Å². The summed E-state index contributed by atoms with van der Waals surface area (Å²) in [5.41, 5.74) is -1.77. The summed E-state index contributed by atoms with van der Waals surface area (Å²) in [6.45, 7) is 3.56. The summed E-state index contributed by atoms with van der Waals surface area (Å²) in [5.74, 6) is 5.55. The first-order valence-electron chi connectivity index (χ1n) is 4.96. The first-order chi connectivity index (χ1) is 5.97. The van der Waals surface area contributed by atoms with E-state index in [2.05, 4.69) is 11.8 Å². The fourth-order valence-electron chi connectivity index (χ4n) is 1.42. The van der Waals surface area contributed by atoms with Gasteiger partial charge in [0.2, 0.25) is 0 Å². The van der Waals surface area contributed by atoms with E-state index in [-0.39, 0.29) is 0 Å². The van der Waals surface area contributed by atoms with Crippen molar-refractivity contribution in [1.82, 2.24) is 0 Å². The molecular formula is C11H18O2. The molecule has 0 saturated heterocycles. The number of hydrogen-bond acceptors (Lipinski definition) is 2. The number of hydrogen-bond donors (Lipinski definition) is 2. The highest BCUT2D eigenvalue weighted by molar-refractivity contribution is 5.21. The summed E-state index contributed by atoms with van der Waals surface area (Å²) < 4.78 is 0. The lowest BCUT2D eigenvalue weighted by Gasteiger charge is -2.17. The molecule has 1 aliphatic rings. The van der Waals surface area contributed by atoms with Gasteiger partial charge in [-0.15, -0.1) is 0 Å². The monoisotopic (exact) mass is 182 g/mol. The Labute approximate surface area is 80.0 Å². The predicted molar refractivity (Wildman–Crippen MR) is 52.1 cm³/mol. The summed E-state index contributed by atoms with van der Waals surface area (Å²) in [4.78, 5) is 0. The largest absolute Gasteiger partial charge is 0.378 e. The molecular weight excluding hydrogens is 164 g/mol. The van der Waals surface area contributed by atoms with Gasteiger partial charge in [-0.3, -0.25) is 0 Å². The predicted octanol–water partition coefficient (Wildman–Crippen LogP) is 1.46. The molecule has 13 heavy (non-hydrogen) atoms. The molecule has 0 aliphatic heterocycles. The normalized spacial score (nSPS) is 24.6. The van der Waals surface area contributed by atoms with E-state index in [4.69, 9.17) is 0 Å². The molecule has 1 fully saturated rings. The van der Waals surface area contributed by atoms with E-state index in [0.29, 0.717) is 6.42 Å². The molecule has 1 rings (SSSR count). The second kappa shape index (κ2) is 3.69. The lowest BCUT2D eigenvalue weighted by molar-refractivity contribution is 0.101. The van der Waals surface area contributed by atoms with Crippen molar-refractivity contribution in [2.24, 2.45) is 0 Å². The molecule has 0 bridgehead atoms. The van der Waals surface area contributed by atoms with Crippen LogP contribution in [-0.4, -0.2) is 21.4 Å². The molecule has 74 valence electrons. The molecule has 0 radical (unpaired) electrons. The van der Waals surface area contributed by atoms with Crippen LogP contribution >= 0.6 is 0 Å². The molecule has 2 N–H and O–H groups in total. The van der Waals surface area contributed by atoms with Crippen LogP contribution in [0, 0.1) is 11.8 Å². The van der Waals surface area contributed by atoms with Gasteiger partial charge in [-0.2, -0.15) is 0 Å². The topological polar surface area (TPSA) is 40.5 Å². The summed E-state index contributed by atoms with van der Waals surface area (Å²) in [5, 5.41) is 19.5. The van der Waals surface area contributed by atoms with Gasteiger partial charge in [-0.05, 0) is 39.0 Å². The molecule has 0 spiro atoms. The maximum atomic E-state index is 9.87. The van der Waals surface area contributed by atoms with Gasteiger partial charge in [0.25, 0.3) is 0 Å². The summed E-state index contributed by atoms with van der Waals surface area (Å²) in [6, 6.07) is 0. The quantitative estimate of drug-likeness (QED) is 0.603. The van der Waals surface area contributed by atoms with Crippen molar-refractivity contribution < 1.29 is 10.2 Å². The molecule has 1 atom stereocenters. The van der Waals surface area contributed by atoms with E-state index in [1.807, 2.05) is 6.92 Å². The smallest absolute Gasteiger partial charge is 0.125 e. The number of aliphatic hydroxyl groups is 2. The first-order valence-corrected chi connectivity index (χ1v) is 4.96. The van der Waals surface area contributed by atoms with Crippen LogP contribution in [0.15, 0.2) is 0 Å². The Morgan fingerprint density at radius 1 is 1.38 bits per heavy atom. The molecule has 0 aromatic carbocycles. The van der Waals surface area contributed by atoms with Crippen molar-refractivity contribution in [2.75, 3.05) is 0 Å². The minimum absolute atomic E-state index is 0.593. The summed E-state index contributed by atoms with van der Waals surface area (Å²) >= 11 is 0. The van der Waals surface area contributed by atoms with Gasteiger partial charge in [0, 0.05) is 0 Å². The Kier molecular flexibility index (Phi) is 3.00. The summed E-state index contributed by atoms with van der Waals surface area (Å²) in [7, 11) is 0. The van der Waals surface area contributed by atoms with Crippen LogP contribution in [0.25, 0.3) is 0 Å². The second-order valence-corrected chi connectivity index (χ2v) is 4.12. The maximum absolute atomic E-state index is 9.87. The molecule has 0 amide bonds. The Morgan fingerprint density at radius 3 is 2.38 bits per heavy atom. The fourth-order valence-corrected chi connectivity index (χ4v) is 1.42. The van der Waals surface area contributed by atoms with E-state index < -0.39 is 11.2 Å². The van der Waals surface area contributed by atoms with Gasteiger partial charge in [0.1, 0.15) is 11.2 Å². The zero-order valence-electron chi connectivity index (χ0n) is 8.43. The highest BCUT2D eigenvalue weighted by Gasteiger charge is 2.29. The molecule has 2 heteroatoms. The van der Waals surface area contributed by atoms with Gasteiger partial charge in [-0.1, -0.05) is 18.8 Å². The minimum Gasteiger partial charge on any atom is -0.378 e. The Hall–Kier alpha value is -0.520. The van der Waals surface area contributed by atoms with Crippen LogP contribution in [0.4, 0.5) is 0 Å². The zero-order chi connectivity index (χ0) is 9.95. The van der Waals surface area contributed by atoms with E-state index in [1.54, 1.807) is 6.92 Å². The molecule has 2 nitrogen and oxygen atoms in total. The van der Waals surface area contributed by atoms with Crippen LogP contribution in [0.3, 0.4) is 0 Å². The second-order valence-electron chi connectivity index (χ2n) is 4.12. The third-order valence-electron chi connectivity index (χ3n) is 2.68. The van der Waals surface area contributed by atoms with E-state index in [1.165, 1.54) is 0 Å². The van der Waals surface area contributed by atoms with E-state index in [9.17, 15) is 10.2 Å². The Bertz CT molecular complexity index is 226. The minimum atomic E-state index is -0.946. The standard InChI is InChI=1S/C11H18O2/c1-3-10(2,12)8-9-11(13)6-4-5-7-11/h12-13H,3-7H2,1-2H3. The van der Waals surface area contributed by atoms with Crippen LogP contribution in [0.2, 0.25) is 0 Å². The molecule has 0 aromatic rings. The van der Waals surface area contributed by atoms with Gasteiger partial charge in [0.05, 0.1) is 0 Å². The lowest BCUT2D eigenvalue weighted by Crippen LogP contribution is -2.25. The average molecular weight is 182 g/mol. The Balaban J connectivity index is 2.64. The fraction of sp³-hybridized carbons (Fsp3) is 0.818. The van der Waals surface area contributed by atoms with Crippen LogP contribution in [0.5, 0.6) is 0 Å². The molecule has 1 aliphatic carbocycles. The van der Waals surface area contributed by atoms with Crippen molar-refractivity contribution in [1.29, 1.82) is 0 Å². The van der Waals surface area contributed by atoms with Gasteiger partial charge >= 0.3 is 0 Å². The van der Waals surface area contributed by atoms with Crippen molar-refractivity contribution in [3.05, 3.63) is 0 Å². The number of rotatable bonds is 1. The average Bonchev–Trinajstić information content (AvgIpc) is 2.50. The van der Waals surface area contributed by atoms with Crippen LogP contribution < -0.4 is 0 Å². The maximum Gasteiger partial charge on any atom is 0.125 e. The third kappa shape index (κ3) is 3.02. The molecule has 1 saturated carbocycles. The highest BCUT2D eigenvalue weighted by atomic mass is 16.3. The summed E-state index contributed by atoms with van der Waals surface area (Å²) in [6.07, 6.45) is 4.18. The van der Waals surface area contributed by atoms with Crippen molar-refractivity contribution in [3.63, 3.8) is 0 Å². The lowest BCUT2D eigenvalue weighted by atomic mass is 9.99. The molecule has 1 unspecified atom stereocenters. The van der Waals surface area contributed by atoms with Crippen LogP contribution in [0.1, 0.15) is 46.0 Å². The van der Waals surface area contributed by atoms with Gasteiger partial charge < -0.3 is 10.2 Å². The van der Waals surface area contributed by atoms with Crippen molar-refractivity contribution >= 4 is 0 Å².